The molecule has 0 fully saturated rings. The fourth-order valence-electron chi connectivity index (χ4n) is 10.4. The number of hydrogen-bond acceptors (Lipinski definition) is 0. The van der Waals surface area contributed by atoms with Gasteiger partial charge in [0.25, 0.3) is 0 Å². The van der Waals surface area contributed by atoms with Crippen LogP contribution in [-0.2, 0) is 17.4 Å². The topological polar surface area (TPSA) is 4.93 Å². The predicted molar refractivity (Wildman–Crippen MR) is 241 cm³/mol. The first-order chi connectivity index (χ1) is 26.5. The number of fused-ring (bicyclic) bond motifs is 3. The lowest BCUT2D eigenvalue weighted by Crippen LogP contribution is -2.23. The van der Waals surface area contributed by atoms with Gasteiger partial charge in [-0.1, -0.05) is 169 Å². The van der Waals surface area contributed by atoms with Crippen molar-refractivity contribution < 1.29 is 0 Å². The maximum absolute atomic E-state index is 2.66. The molecule has 10 aromatic carbocycles. The molecule has 1 aromatic heterocycles. The first-order valence-corrected chi connectivity index (χ1v) is 20.0. The molecule has 0 radical (unpaired) electrons. The number of benzene rings is 10. The van der Waals surface area contributed by atoms with Crippen LogP contribution in [-0.4, -0.2) is 4.57 Å². The van der Waals surface area contributed by atoms with Crippen LogP contribution in [0.5, 0.6) is 0 Å². The van der Waals surface area contributed by atoms with Crippen molar-refractivity contribution in [2.24, 2.45) is 0 Å². The molecule has 1 nitrogen and oxygen atoms in total. The van der Waals surface area contributed by atoms with Crippen molar-refractivity contribution in [3.05, 3.63) is 145 Å². The van der Waals surface area contributed by atoms with E-state index in [1.807, 2.05) is 0 Å². The summed E-state index contributed by atoms with van der Waals surface area (Å²) < 4.78 is 2.66. The number of para-hydroxylation sites is 1. The molecule has 266 valence electrons. The van der Waals surface area contributed by atoms with Gasteiger partial charge in [0.05, 0.1) is 11.0 Å². The Kier molecular flexibility index (Phi) is 6.55. The number of rotatable bonds is 3. The maximum atomic E-state index is 2.66. The van der Waals surface area contributed by atoms with Gasteiger partial charge in [-0.3, -0.25) is 0 Å². The fraction of sp³-hybridized carbons (Fsp3) is 0.185. The summed E-state index contributed by atoms with van der Waals surface area (Å²) in [5, 5.41) is 18.6. The van der Waals surface area contributed by atoms with Crippen LogP contribution in [0.3, 0.4) is 0 Å². The van der Waals surface area contributed by atoms with Crippen LogP contribution in [0, 0.1) is 0 Å². The molecule has 11 aromatic rings. The van der Waals surface area contributed by atoms with E-state index in [1.165, 1.54) is 120 Å². The van der Waals surface area contributed by atoms with Crippen molar-refractivity contribution in [2.45, 2.75) is 65.8 Å². The smallest absolute Gasteiger partial charge is 0.0574 e. The molecule has 55 heavy (non-hydrogen) atoms. The second kappa shape index (κ2) is 11.1. The van der Waals surface area contributed by atoms with Crippen LogP contribution >= 0.6 is 0 Å². The van der Waals surface area contributed by atoms with Gasteiger partial charge in [0.2, 0.25) is 0 Å². The van der Waals surface area contributed by atoms with E-state index in [-0.39, 0.29) is 10.8 Å². The van der Waals surface area contributed by atoms with Gasteiger partial charge in [-0.25, -0.2) is 0 Å². The molecule has 0 amide bonds. The summed E-state index contributed by atoms with van der Waals surface area (Å²) in [6, 6.07) is 51.1. The summed E-state index contributed by atoms with van der Waals surface area (Å²) in [6.07, 6.45) is 0. The SMILES string of the molecule is CCn1c2c(-c3ccc4ccc5cccc6ccc3c4c56)cccc2c2cc(C(C)(C)C)c(C(C)(C)C)c(-c3ccc4ccc5cccc6ccc3c4c56)c21. The summed E-state index contributed by atoms with van der Waals surface area (Å²) in [5.74, 6) is 0. The molecule has 11 rings (SSSR count). The number of aromatic nitrogens is 1. The van der Waals surface area contributed by atoms with Crippen molar-refractivity contribution in [2.75, 3.05) is 0 Å². The molecule has 0 saturated carbocycles. The van der Waals surface area contributed by atoms with Crippen LogP contribution in [0.25, 0.3) is 109 Å². The highest BCUT2D eigenvalue weighted by atomic mass is 15.0. The minimum Gasteiger partial charge on any atom is -0.340 e. The molecule has 0 saturated heterocycles. The number of nitrogens with zero attached hydrogens (tertiary/aromatic N) is 1. The van der Waals surface area contributed by atoms with Crippen LogP contribution in [0.2, 0.25) is 0 Å². The molecule has 0 aliphatic heterocycles. The molecule has 0 aliphatic rings. The van der Waals surface area contributed by atoms with Crippen molar-refractivity contribution in [1.29, 1.82) is 0 Å². The van der Waals surface area contributed by atoms with Crippen molar-refractivity contribution in [3.8, 4) is 22.3 Å². The lowest BCUT2D eigenvalue weighted by Gasteiger charge is -2.34. The van der Waals surface area contributed by atoms with Crippen molar-refractivity contribution in [1.82, 2.24) is 4.57 Å². The molecular weight excluding hydrogens is 663 g/mol. The van der Waals surface area contributed by atoms with E-state index < -0.39 is 0 Å². The summed E-state index contributed by atoms with van der Waals surface area (Å²) in [6.45, 7) is 17.6. The summed E-state index contributed by atoms with van der Waals surface area (Å²) in [5.41, 5.74) is 10.7. The maximum Gasteiger partial charge on any atom is 0.0574 e. The second-order valence-corrected chi connectivity index (χ2v) is 18.0. The fourth-order valence-corrected chi connectivity index (χ4v) is 10.4. The minimum absolute atomic E-state index is 0.0698. The van der Waals surface area contributed by atoms with E-state index in [9.17, 15) is 0 Å². The van der Waals surface area contributed by atoms with E-state index in [4.69, 9.17) is 0 Å². The zero-order valence-corrected chi connectivity index (χ0v) is 32.9. The Morgan fingerprint density at radius 2 is 0.873 bits per heavy atom. The molecule has 0 N–H and O–H groups in total. The van der Waals surface area contributed by atoms with E-state index >= 15 is 0 Å². The highest BCUT2D eigenvalue weighted by Crippen LogP contribution is 2.51. The van der Waals surface area contributed by atoms with E-state index in [1.54, 1.807) is 0 Å². The van der Waals surface area contributed by atoms with Gasteiger partial charge < -0.3 is 4.57 Å². The molecular formula is C54H45N. The van der Waals surface area contributed by atoms with Crippen LogP contribution in [0.1, 0.15) is 59.6 Å². The zero-order chi connectivity index (χ0) is 37.5. The molecule has 0 unspecified atom stereocenters. The Hall–Kier alpha value is -5.92. The number of hydrogen-bond donors (Lipinski definition) is 0. The first-order valence-electron chi connectivity index (χ1n) is 20.0. The van der Waals surface area contributed by atoms with Gasteiger partial charge in [0.15, 0.2) is 0 Å². The monoisotopic (exact) mass is 707 g/mol. The number of aryl methyl sites for hydroxylation is 1. The highest BCUT2D eigenvalue weighted by molar-refractivity contribution is 6.29. The van der Waals surface area contributed by atoms with Crippen molar-refractivity contribution in [3.63, 3.8) is 0 Å². The minimum atomic E-state index is -0.111. The summed E-state index contributed by atoms with van der Waals surface area (Å²) >= 11 is 0. The van der Waals surface area contributed by atoms with Crippen LogP contribution in [0.15, 0.2) is 133 Å². The Bertz CT molecular complexity index is 3330. The first kappa shape index (κ1) is 32.5. The standard InChI is InChI=1S/C54H45N/c1-8-55-51-41(37-26-22-35-20-18-31-12-9-14-33-23-27-38(37)47(35)45(31)33)16-11-17-42(51)43-30-44(53(2,3)4)50(54(5,6)7)49(52(43)55)40-29-25-36-21-19-32-13-10-15-34-24-28-39(40)48(36)46(32)34/h9-30H,8H2,1-7H3. The van der Waals surface area contributed by atoms with Crippen LogP contribution < -0.4 is 0 Å². The average Bonchev–Trinajstić information content (AvgIpc) is 3.51. The summed E-state index contributed by atoms with van der Waals surface area (Å²) in [4.78, 5) is 0. The molecule has 1 heteroatoms. The van der Waals surface area contributed by atoms with Gasteiger partial charge >= 0.3 is 0 Å². The summed E-state index contributed by atoms with van der Waals surface area (Å²) in [7, 11) is 0. The van der Waals surface area contributed by atoms with Gasteiger partial charge in [0.1, 0.15) is 0 Å². The third-order valence-corrected chi connectivity index (χ3v) is 12.7. The second-order valence-electron chi connectivity index (χ2n) is 18.0. The van der Waals surface area contributed by atoms with Gasteiger partial charge in [-0.15, -0.1) is 0 Å². The predicted octanol–water partition coefficient (Wildman–Crippen LogP) is 15.5. The molecule has 0 aliphatic carbocycles. The lowest BCUT2D eigenvalue weighted by molar-refractivity contribution is 0.532. The quantitative estimate of drug-likeness (QED) is 0.161. The van der Waals surface area contributed by atoms with Crippen LogP contribution in [0.4, 0.5) is 0 Å². The van der Waals surface area contributed by atoms with E-state index in [2.05, 4.69) is 186 Å². The van der Waals surface area contributed by atoms with E-state index in [0.29, 0.717) is 0 Å². The van der Waals surface area contributed by atoms with Crippen molar-refractivity contribution >= 4 is 86.4 Å². The Morgan fingerprint density at radius 3 is 1.40 bits per heavy atom. The Labute approximate surface area is 322 Å². The normalized spacial score (nSPS) is 13.1. The zero-order valence-electron chi connectivity index (χ0n) is 32.9. The van der Waals surface area contributed by atoms with E-state index in [0.717, 1.165) is 6.54 Å². The van der Waals surface area contributed by atoms with Gasteiger partial charge in [-0.05, 0) is 111 Å². The lowest BCUT2D eigenvalue weighted by atomic mass is 9.71. The van der Waals surface area contributed by atoms with Gasteiger partial charge in [-0.2, -0.15) is 0 Å². The highest BCUT2D eigenvalue weighted by Gasteiger charge is 2.33. The molecule has 1 heterocycles. The van der Waals surface area contributed by atoms with Gasteiger partial charge in [0, 0.05) is 28.4 Å². The molecule has 0 bridgehead atoms. The Balaban J connectivity index is 1.33. The average molecular weight is 708 g/mol. The third kappa shape index (κ3) is 4.41. The molecule has 0 atom stereocenters. The Morgan fingerprint density at radius 1 is 0.400 bits per heavy atom. The molecule has 0 spiro atoms. The largest absolute Gasteiger partial charge is 0.340 e. The third-order valence-electron chi connectivity index (χ3n) is 12.7.